The second-order valence-electron chi connectivity index (χ2n) is 9.97. The third kappa shape index (κ3) is 4.97. The molecular weight excluding hydrogens is 450 g/mol. The van der Waals surface area contributed by atoms with E-state index in [1.807, 2.05) is 4.90 Å². The minimum atomic E-state index is -0.0881. The first-order valence-electron chi connectivity index (χ1n) is 12.4. The molecule has 1 fully saturated rings. The number of likely N-dealkylation sites (tertiary alicyclic amines) is 1. The van der Waals surface area contributed by atoms with Crippen LogP contribution in [0.2, 0.25) is 0 Å². The Morgan fingerprint density at radius 1 is 1.15 bits per heavy atom. The summed E-state index contributed by atoms with van der Waals surface area (Å²) >= 11 is 1.37. The molecule has 0 N–H and O–H groups in total. The van der Waals surface area contributed by atoms with Crippen molar-refractivity contribution in [3.63, 3.8) is 0 Å². The lowest BCUT2D eigenvalue weighted by Crippen LogP contribution is -2.43. The zero-order chi connectivity index (χ0) is 23.7. The van der Waals surface area contributed by atoms with E-state index in [1.54, 1.807) is 16.7 Å². The van der Waals surface area contributed by atoms with Crippen LogP contribution in [-0.4, -0.2) is 46.0 Å². The number of allylic oxidation sites excluding steroid dienone is 2. The number of rotatable bonds is 6. The van der Waals surface area contributed by atoms with E-state index in [4.69, 9.17) is 14.5 Å². The number of amides is 1. The lowest BCUT2D eigenvalue weighted by molar-refractivity contribution is -0.130. The van der Waals surface area contributed by atoms with Crippen molar-refractivity contribution in [2.45, 2.75) is 64.1 Å². The third-order valence-electron chi connectivity index (χ3n) is 7.00. The molecule has 2 unspecified atom stereocenters. The second kappa shape index (κ2) is 10.0. The summed E-state index contributed by atoms with van der Waals surface area (Å²) in [5.74, 6) is 2.62. The van der Waals surface area contributed by atoms with Gasteiger partial charge in [-0.15, -0.1) is 0 Å². The van der Waals surface area contributed by atoms with Crippen LogP contribution in [0.5, 0.6) is 11.5 Å². The molecule has 1 aromatic carbocycles. The first-order chi connectivity index (χ1) is 16.5. The Hall–Kier alpha value is -2.48. The molecule has 34 heavy (non-hydrogen) atoms. The number of fused-ring (bicyclic) bond motifs is 2. The summed E-state index contributed by atoms with van der Waals surface area (Å²) in [6.07, 6.45) is 8.98. The zero-order valence-electron chi connectivity index (χ0n) is 20.0. The number of hydrogen-bond acceptors (Lipinski definition) is 6. The van der Waals surface area contributed by atoms with Crippen LogP contribution in [0.15, 0.2) is 33.7 Å². The molecule has 1 amide bonds. The molecule has 5 rings (SSSR count). The van der Waals surface area contributed by atoms with Crippen molar-refractivity contribution < 1.29 is 14.3 Å². The number of benzene rings is 1. The lowest BCUT2D eigenvalue weighted by Gasteiger charge is -2.35. The highest BCUT2D eigenvalue weighted by Crippen LogP contribution is 2.35. The molecule has 3 heterocycles. The van der Waals surface area contributed by atoms with Gasteiger partial charge >= 0.3 is 0 Å². The SMILES string of the molecule is CC1CC(C)CN(C(=O)CSc2nc3cc4c(cc3c(=O)n2CCC2=CCCCC2)OCO4)C1. The number of carbonyl (C=O) groups is 1. The molecule has 2 aliphatic heterocycles. The van der Waals surface area contributed by atoms with Gasteiger partial charge < -0.3 is 14.4 Å². The molecule has 8 heteroatoms. The largest absolute Gasteiger partial charge is 0.454 e. The van der Waals surface area contributed by atoms with Gasteiger partial charge in [0, 0.05) is 25.7 Å². The van der Waals surface area contributed by atoms with Gasteiger partial charge in [0.05, 0.1) is 16.7 Å². The van der Waals surface area contributed by atoms with Crippen LogP contribution >= 0.6 is 11.8 Å². The van der Waals surface area contributed by atoms with Crippen LogP contribution in [0, 0.1) is 11.8 Å². The highest BCUT2D eigenvalue weighted by atomic mass is 32.2. The second-order valence-corrected chi connectivity index (χ2v) is 10.9. The van der Waals surface area contributed by atoms with Crippen LogP contribution in [0.25, 0.3) is 10.9 Å². The summed E-state index contributed by atoms with van der Waals surface area (Å²) in [7, 11) is 0. The summed E-state index contributed by atoms with van der Waals surface area (Å²) in [4.78, 5) is 33.4. The maximum Gasteiger partial charge on any atom is 0.262 e. The molecule has 1 aliphatic carbocycles. The van der Waals surface area contributed by atoms with E-state index in [2.05, 4.69) is 19.9 Å². The molecule has 7 nitrogen and oxygen atoms in total. The molecule has 0 radical (unpaired) electrons. The highest BCUT2D eigenvalue weighted by molar-refractivity contribution is 7.99. The van der Waals surface area contributed by atoms with Crippen molar-refractivity contribution in [3.8, 4) is 11.5 Å². The minimum absolute atomic E-state index is 0.0881. The summed E-state index contributed by atoms with van der Waals surface area (Å²) in [6, 6.07) is 3.51. The molecule has 0 spiro atoms. The van der Waals surface area contributed by atoms with Gasteiger partial charge in [-0.05, 0) is 56.4 Å². The fraction of sp³-hybridized carbons (Fsp3) is 0.577. The van der Waals surface area contributed by atoms with Gasteiger partial charge in [-0.3, -0.25) is 14.2 Å². The van der Waals surface area contributed by atoms with Gasteiger partial charge in [0.1, 0.15) is 0 Å². The predicted octanol–water partition coefficient (Wildman–Crippen LogP) is 4.61. The summed E-state index contributed by atoms with van der Waals surface area (Å²) in [5, 5.41) is 1.12. The Labute approximate surface area is 204 Å². The maximum absolute atomic E-state index is 13.6. The molecule has 3 aliphatic rings. The maximum atomic E-state index is 13.6. The highest BCUT2D eigenvalue weighted by Gasteiger charge is 2.26. The summed E-state index contributed by atoms with van der Waals surface area (Å²) in [6.45, 7) is 6.73. The Balaban J connectivity index is 1.42. The Morgan fingerprint density at radius 3 is 2.65 bits per heavy atom. The number of ether oxygens (including phenoxy) is 2. The van der Waals surface area contributed by atoms with Crippen molar-refractivity contribution >= 4 is 28.6 Å². The number of piperidine rings is 1. The first-order valence-corrected chi connectivity index (χ1v) is 13.4. The van der Waals surface area contributed by atoms with Gasteiger partial charge in [0.15, 0.2) is 16.7 Å². The van der Waals surface area contributed by atoms with Gasteiger partial charge in [-0.2, -0.15) is 0 Å². The van der Waals surface area contributed by atoms with E-state index >= 15 is 0 Å². The molecule has 2 atom stereocenters. The lowest BCUT2D eigenvalue weighted by atomic mass is 9.92. The van der Waals surface area contributed by atoms with E-state index in [9.17, 15) is 9.59 Å². The van der Waals surface area contributed by atoms with Gasteiger partial charge in [0.2, 0.25) is 12.7 Å². The van der Waals surface area contributed by atoms with E-state index in [0.717, 1.165) is 38.8 Å². The molecule has 2 aromatic rings. The topological polar surface area (TPSA) is 73.7 Å². The van der Waals surface area contributed by atoms with Crippen LogP contribution in [-0.2, 0) is 11.3 Å². The number of thioether (sulfide) groups is 1. The normalized spacial score (nSPS) is 22.2. The fourth-order valence-corrected chi connectivity index (χ4v) is 6.30. The van der Waals surface area contributed by atoms with Crippen LogP contribution < -0.4 is 15.0 Å². The number of carbonyl (C=O) groups excluding carboxylic acids is 1. The number of nitrogens with zero attached hydrogens (tertiary/aromatic N) is 3. The summed E-state index contributed by atoms with van der Waals surface area (Å²) in [5.41, 5.74) is 1.90. The average Bonchev–Trinajstić information content (AvgIpc) is 3.28. The third-order valence-corrected chi connectivity index (χ3v) is 7.96. The number of aromatic nitrogens is 2. The van der Waals surface area contributed by atoms with Crippen LogP contribution in [0.4, 0.5) is 0 Å². The molecule has 1 saturated heterocycles. The zero-order valence-corrected chi connectivity index (χ0v) is 20.9. The molecule has 1 aromatic heterocycles. The van der Waals surface area contributed by atoms with E-state index in [1.165, 1.54) is 30.2 Å². The monoisotopic (exact) mass is 483 g/mol. The van der Waals surface area contributed by atoms with Crippen LogP contribution in [0.1, 0.15) is 52.4 Å². The standard InChI is InChI=1S/C26H33N3O4S/c1-17-10-18(2)14-28(13-17)24(30)15-34-26-27-21-12-23-22(32-16-33-23)11-20(21)25(31)29(26)9-8-19-6-4-3-5-7-19/h6,11-12,17-18H,3-5,7-10,13-16H2,1-2H3. The molecule has 0 bridgehead atoms. The van der Waals surface area contributed by atoms with E-state index in [0.29, 0.717) is 45.9 Å². The summed E-state index contributed by atoms with van der Waals surface area (Å²) < 4.78 is 12.7. The Morgan fingerprint density at radius 2 is 1.91 bits per heavy atom. The molecular formula is C26H33N3O4S. The van der Waals surface area contributed by atoms with Gasteiger partial charge in [0.25, 0.3) is 5.56 Å². The van der Waals surface area contributed by atoms with Gasteiger partial charge in [-0.25, -0.2) is 4.98 Å². The Kier molecular flexibility index (Phi) is 6.86. The first kappa shape index (κ1) is 23.3. The smallest absolute Gasteiger partial charge is 0.262 e. The average molecular weight is 484 g/mol. The Bertz CT molecular complexity index is 1160. The van der Waals surface area contributed by atoms with Crippen molar-refractivity contribution in [1.82, 2.24) is 14.5 Å². The van der Waals surface area contributed by atoms with E-state index in [-0.39, 0.29) is 24.0 Å². The number of hydrogen-bond donors (Lipinski definition) is 0. The van der Waals surface area contributed by atoms with Crippen LogP contribution in [0.3, 0.4) is 0 Å². The van der Waals surface area contributed by atoms with Crippen molar-refractivity contribution in [1.29, 1.82) is 0 Å². The van der Waals surface area contributed by atoms with E-state index < -0.39 is 0 Å². The quantitative estimate of drug-likeness (QED) is 0.339. The van der Waals surface area contributed by atoms with Crippen molar-refractivity contribution in [3.05, 3.63) is 34.1 Å². The predicted molar refractivity (Wildman–Crippen MR) is 134 cm³/mol. The van der Waals surface area contributed by atoms with Crippen molar-refractivity contribution in [2.75, 3.05) is 25.6 Å². The molecule has 182 valence electrons. The van der Waals surface area contributed by atoms with Crippen molar-refractivity contribution in [2.24, 2.45) is 11.8 Å². The van der Waals surface area contributed by atoms with Gasteiger partial charge in [-0.1, -0.05) is 37.3 Å². The minimum Gasteiger partial charge on any atom is -0.454 e. The molecule has 0 saturated carbocycles. The fourth-order valence-electron chi connectivity index (χ4n) is 5.37.